The molecule has 1 unspecified atom stereocenters. The Morgan fingerprint density at radius 3 is 3.17 bits per heavy atom. The summed E-state index contributed by atoms with van der Waals surface area (Å²) in [6, 6.07) is 3.91. The molecule has 64 valence electrons. The molecule has 1 aliphatic heterocycles. The van der Waals surface area contributed by atoms with Crippen LogP contribution >= 0.6 is 0 Å². The average molecular weight is 163 g/mol. The third-order valence-corrected chi connectivity index (χ3v) is 2.49. The summed E-state index contributed by atoms with van der Waals surface area (Å²) in [7, 11) is 0. The number of hydrogen-bond donors (Lipinski definition) is 0. The van der Waals surface area contributed by atoms with Gasteiger partial charge in [-0.05, 0) is 25.5 Å². The summed E-state index contributed by atoms with van der Waals surface area (Å²) in [4.78, 5) is 4.28. The molecule has 0 bridgehead atoms. The highest BCUT2D eigenvalue weighted by molar-refractivity contribution is 5.33. The Morgan fingerprint density at radius 2 is 2.50 bits per heavy atom. The van der Waals surface area contributed by atoms with Crippen molar-refractivity contribution in [2.75, 3.05) is 0 Å². The molecule has 0 radical (unpaired) electrons. The molecule has 2 rings (SSSR count). The molecule has 0 N–H and O–H groups in total. The lowest BCUT2D eigenvalue weighted by molar-refractivity contribution is 0.112. The van der Waals surface area contributed by atoms with Crippen molar-refractivity contribution in [3.8, 4) is 5.75 Å². The number of fused-ring (bicyclic) bond motifs is 1. The van der Waals surface area contributed by atoms with Crippen molar-refractivity contribution in [3.05, 3.63) is 24.0 Å². The molecule has 0 fully saturated rings. The third-order valence-electron chi connectivity index (χ3n) is 2.49. The Labute approximate surface area is 72.6 Å². The van der Waals surface area contributed by atoms with E-state index in [0.717, 1.165) is 24.3 Å². The first-order chi connectivity index (χ1) is 5.73. The first kappa shape index (κ1) is 7.59. The predicted octanol–water partition coefficient (Wildman–Crippen LogP) is 2.19. The Balaban J connectivity index is 2.33. The van der Waals surface area contributed by atoms with Gasteiger partial charge < -0.3 is 4.74 Å². The molecule has 0 amide bonds. The molecule has 1 aliphatic rings. The third kappa shape index (κ3) is 1.07. The molecule has 2 heteroatoms. The van der Waals surface area contributed by atoms with Crippen molar-refractivity contribution in [2.24, 2.45) is 0 Å². The quantitative estimate of drug-likeness (QED) is 0.633. The van der Waals surface area contributed by atoms with E-state index in [1.165, 1.54) is 0 Å². The van der Waals surface area contributed by atoms with Gasteiger partial charge in [0.25, 0.3) is 0 Å². The van der Waals surface area contributed by atoms with Crippen molar-refractivity contribution in [2.45, 2.75) is 32.3 Å². The van der Waals surface area contributed by atoms with Crippen molar-refractivity contribution < 1.29 is 4.74 Å². The van der Waals surface area contributed by atoms with Gasteiger partial charge in [0.2, 0.25) is 0 Å². The van der Waals surface area contributed by atoms with E-state index in [2.05, 4.69) is 18.8 Å². The van der Waals surface area contributed by atoms with Crippen molar-refractivity contribution in [1.82, 2.24) is 4.98 Å². The maximum Gasteiger partial charge on any atom is 0.141 e. The van der Waals surface area contributed by atoms with Gasteiger partial charge >= 0.3 is 0 Å². The van der Waals surface area contributed by atoms with E-state index in [1.54, 1.807) is 0 Å². The minimum atomic E-state index is -0.0172. The van der Waals surface area contributed by atoms with Gasteiger partial charge in [-0.25, -0.2) is 0 Å². The summed E-state index contributed by atoms with van der Waals surface area (Å²) < 4.78 is 5.78. The predicted molar refractivity (Wildman–Crippen MR) is 47.3 cm³/mol. The van der Waals surface area contributed by atoms with Crippen LogP contribution in [0.2, 0.25) is 0 Å². The zero-order valence-electron chi connectivity index (χ0n) is 7.50. The van der Waals surface area contributed by atoms with Crippen molar-refractivity contribution in [1.29, 1.82) is 0 Å². The summed E-state index contributed by atoms with van der Waals surface area (Å²) in [5.41, 5.74) is 1.08. The van der Waals surface area contributed by atoms with E-state index in [9.17, 15) is 0 Å². The highest BCUT2D eigenvalue weighted by Gasteiger charge is 2.33. The number of nitrogens with zero attached hydrogens (tertiary/aromatic N) is 1. The minimum absolute atomic E-state index is 0.0172. The van der Waals surface area contributed by atoms with Gasteiger partial charge in [0, 0.05) is 12.6 Å². The van der Waals surface area contributed by atoms with Crippen LogP contribution in [0.1, 0.15) is 26.0 Å². The number of hydrogen-bond acceptors (Lipinski definition) is 2. The maximum atomic E-state index is 5.78. The first-order valence-electron chi connectivity index (χ1n) is 4.36. The smallest absolute Gasteiger partial charge is 0.141 e. The molecule has 1 aromatic heterocycles. The molecule has 1 atom stereocenters. The molecule has 1 aromatic rings. The summed E-state index contributed by atoms with van der Waals surface area (Å²) in [5.74, 6) is 0.960. The second-order valence-corrected chi connectivity index (χ2v) is 3.53. The van der Waals surface area contributed by atoms with Gasteiger partial charge in [0.1, 0.15) is 11.4 Å². The van der Waals surface area contributed by atoms with Crippen LogP contribution in [0.25, 0.3) is 0 Å². The van der Waals surface area contributed by atoms with Crippen LogP contribution in [0.3, 0.4) is 0 Å². The van der Waals surface area contributed by atoms with Crippen LogP contribution in [-0.4, -0.2) is 10.6 Å². The molecule has 2 heterocycles. The average Bonchev–Trinajstić information content (AvgIpc) is 2.42. The Hall–Kier alpha value is -1.05. The Kier molecular flexibility index (Phi) is 1.56. The fourth-order valence-corrected chi connectivity index (χ4v) is 1.50. The highest BCUT2D eigenvalue weighted by Crippen LogP contribution is 2.34. The molecule has 12 heavy (non-hydrogen) atoms. The monoisotopic (exact) mass is 163 g/mol. The maximum absolute atomic E-state index is 5.78. The summed E-state index contributed by atoms with van der Waals surface area (Å²) in [6.07, 6.45) is 3.80. The van der Waals surface area contributed by atoms with E-state index >= 15 is 0 Å². The number of aromatic nitrogens is 1. The topological polar surface area (TPSA) is 22.1 Å². The van der Waals surface area contributed by atoms with Gasteiger partial charge in [-0.2, -0.15) is 0 Å². The molecular formula is C10H13NO. The van der Waals surface area contributed by atoms with Crippen LogP contribution in [0.15, 0.2) is 18.3 Å². The van der Waals surface area contributed by atoms with Gasteiger partial charge in [-0.1, -0.05) is 6.92 Å². The van der Waals surface area contributed by atoms with Crippen LogP contribution in [0.4, 0.5) is 0 Å². The number of ether oxygens (including phenoxy) is 1. The molecular weight excluding hydrogens is 150 g/mol. The van der Waals surface area contributed by atoms with Crippen LogP contribution in [0, 0.1) is 0 Å². The van der Waals surface area contributed by atoms with Gasteiger partial charge in [-0.3, -0.25) is 4.98 Å². The zero-order valence-corrected chi connectivity index (χ0v) is 7.50. The summed E-state index contributed by atoms with van der Waals surface area (Å²) in [6.45, 7) is 4.28. The van der Waals surface area contributed by atoms with Crippen molar-refractivity contribution in [3.63, 3.8) is 0 Å². The van der Waals surface area contributed by atoms with Gasteiger partial charge in [0.05, 0.1) is 5.69 Å². The summed E-state index contributed by atoms with van der Waals surface area (Å²) >= 11 is 0. The van der Waals surface area contributed by atoms with E-state index < -0.39 is 0 Å². The lowest BCUT2D eigenvalue weighted by Gasteiger charge is -2.20. The van der Waals surface area contributed by atoms with Crippen LogP contribution < -0.4 is 4.74 Å². The molecule has 2 nitrogen and oxygen atoms in total. The fourth-order valence-electron chi connectivity index (χ4n) is 1.50. The largest absolute Gasteiger partial charge is 0.485 e. The fraction of sp³-hybridized carbons (Fsp3) is 0.500. The standard InChI is InChI=1S/C10H13NO/c1-3-10(2)7-8-9(12-10)5-4-6-11-8/h4-6H,3,7H2,1-2H3. The minimum Gasteiger partial charge on any atom is -0.485 e. The number of pyridine rings is 1. The highest BCUT2D eigenvalue weighted by atomic mass is 16.5. The molecule has 0 saturated heterocycles. The Morgan fingerprint density at radius 1 is 1.67 bits per heavy atom. The first-order valence-corrected chi connectivity index (χ1v) is 4.36. The molecule has 0 spiro atoms. The Bertz CT molecular complexity index is 271. The SMILES string of the molecule is CCC1(C)Cc2ncccc2O1. The lowest BCUT2D eigenvalue weighted by Crippen LogP contribution is -2.28. The second kappa shape index (κ2) is 2.47. The van der Waals surface area contributed by atoms with E-state index in [0.29, 0.717) is 0 Å². The zero-order chi connectivity index (χ0) is 8.60. The second-order valence-electron chi connectivity index (χ2n) is 3.53. The van der Waals surface area contributed by atoms with Crippen LogP contribution in [-0.2, 0) is 6.42 Å². The molecule has 0 aromatic carbocycles. The van der Waals surface area contributed by atoms with Crippen LogP contribution in [0.5, 0.6) is 5.75 Å². The summed E-state index contributed by atoms with van der Waals surface area (Å²) in [5, 5.41) is 0. The van der Waals surface area contributed by atoms with Gasteiger partial charge in [0.15, 0.2) is 0 Å². The van der Waals surface area contributed by atoms with E-state index in [1.807, 2.05) is 18.3 Å². The number of rotatable bonds is 1. The molecule has 0 aliphatic carbocycles. The molecule has 0 saturated carbocycles. The van der Waals surface area contributed by atoms with Gasteiger partial charge in [-0.15, -0.1) is 0 Å². The van der Waals surface area contributed by atoms with E-state index in [4.69, 9.17) is 4.74 Å². The lowest BCUT2D eigenvalue weighted by atomic mass is 9.99. The normalized spacial score (nSPS) is 26.5. The van der Waals surface area contributed by atoms with Crippen molar-refractivity contribution >= 4 is 0 Å². The van der Waals surface area contributed by atoms with E-state index in [-0.39, 0.29) is 5.60 Å².